The number of benzene rings is 1. The van der Waals surface area contributed by atoms with Gasteiger partial charge in [-0.25, -0.2) is 4.79 Å². The molecule has 19 heavy (non-hydrogen) atoms. The minimum Gasteiger partial charge on any atom is -0.325 e. The number of urea groups is 1. The Bertz CT molecular complexity index is 438. The van der Waals surface area contributed by atoms with Crippen LogP contribution in [0.3, 0.4) is 0 Å². The maximum absolute atomic E-state index is 12.2. The number of carbonyl (C=O) groups is 1. The molecule has 0 unspecified atom stereocenters. The fourth-order valence-electron chi connectivity index (χ4n) is 2.15. The molecule has 4 heteroatoms. The van der Waals surface area contributed by atoms with Gasteiger partial charge in [0, 0.05) is 18.8 Å². The Morgan fingerprint density at radius 2 is 2.00 bits per heavy atom. The van der Waals surface area contributed by atoms with Crippen LogP contribution in [0.25, 0.3) is 6.08 Å². The zero-order valence-electron chi connectivity index (χ0n) is 11.3. The van der Waals surface area contributed by atoms with Crippen molar-refractivity contribution in [3.63, 3.8) is 0 Å². The lowest BCUT2D eigenvalue weighted by Gasteiger charge is -2.31. The summed E-state index contributed by atoms with van der Waals surface area (Å²) in [4.78, 5) is 14.0. The minimum absolute atomic E-state index is 0.0248. The van der Waals surface area contributed by atoms with Crippen LogP contribution < -0.4 is 5.32 Å². The lowest BCUT2D eigenvalue weighted by Crippen LogP contribution is -2.41. The quantitative estimate of drug-likeness (QED) is 0.913. The highest BCUT2D eigenvalue weighted by Crippen LogP contribution is 2.21. The number of anilines is 1. The summed E-state index contributed by atoms with van der Waals surface area (Å²) in [5, 5.41) is 2.94. The Balaban J connectivity index is 1.93. The lowest BCUT2D eigenvalue weighted by atomic mass is 10.1. The van der Waals surface area contributed by atoms with Gasteiger partial charge in [0.2, 0.25) is 0 Å². The summed E-state index contributed by atoms with van der Waals surface area (Å²) >= 11 is 1.97. The van der Waals surface area contributed by atoms with Gasteiger partial charge in [0.05, 0.1) is 0 Å². The Kier molecular flexibility index (Phi) is 4.91. The monoisotopic (exact) mass is 276 g/mol. The van der Waals surface area contributed by atoms with Gasteiger partial charge in [0.25, 0.3) is 0 Å². The van der Waals surface area contributed by atoms with Crippen molar-refractivity contribution in [2.45, 2.75) is 18.9 Å². The van der Waals surface area contributed by atoms with Gasteiger partial charge in [0.1, 0.15) is 0 Å². The normalized spacial score (nSPS) is 15.8. The molecule has 1 aliphatic heterocycles. The van der Waals surface area contributed by atoms with Crippen LogP contribution in [-0.4, -0.2) is 35.5 Å². The first-order valence-electron chi connectivity index (χ1n) is 6.55. The topological polar surface area (TPSA) is 32.3 Å². The molecular weight excluding hydrogens is 256 g/mol. The second-order valence-electron chi connectivity index (χ2n) is 4.71. The van der Waals surface area contributed by atoms with Crippen LogP contribution in [0.15, 0.2) is 30.8 Å². The van der Waals surface area contributed by atoms with Crippen LogP contribution in [0.2, 0.25) is 0 Å². The summed E-state index contributed by atoms with van der Waals surface area (Å²) in [6, 6.07) is 8.04. The fourth-order valence-corrected chi connectivity index (χ4v) is 3.23. The van der Waals surface area contributed by atoms with E-state index in [2.05, 4.69) is 11.9 Å². The standard InChI is InChI=1S/C15H20N2OS/c1-3-12-4-6-13(7-5-12)16-15(18)17(2)14-8-10-19-11-9-14/h3-7,14H,1,8-11H2,2H3,(H,16,18). The van der Waals surface area contributed by atoms with Gasteiger partial charge in [-0.1, -0.05) is 24.8 Å². The van der Waals surface area contributed by atoms with E-state index in [0.717, 1.165) is 35.6 Å². The molecule has 1 aromatic rings. The largest absolute Gasteiger partial charge is 0.325 e. The number of nitrogens with zero attached hydrogens (tertiary/aromatic N) is 1. The number of nitrogens with one attached hydrogen (secondary N) is 1. The van der Waals surface area contributed by atoms with E-state index in [4.69, 9.17) is 0 Å². The van der Waals surface area contributed by atoms with E-state index < -0.39 is 0 Å². The molecule has 0 radical (unpaired) electrons. The number of rotatable bonds is 3. The van der Waals surface area contributed by atoms with Gasteiger partial charge in [-0.2, -0.15) is 11.8 Å². The average molecular weight is 276 g/mol. The summed E-state index contributed by atoms with van der Waals surface area (Å²) in [6.07, 6.45) is 3.96. The Morgan fingerprint density at radius 1 is 1.37 bits per heavy atom. The van der Waals surface area contributed by atoms with Crippen molar-refractivity contribution in [3.8, 4) is 0 Å². The van der Waals surface area contributed by atoms with Crippen LogP contribution in [0.4, 0.5) is 10.5 Å². The first-order chi connectivity index (χ1) is 9.20. The van der Waals surface area contributed by atoms with Crippen LogP contribution in [-0.2, 0) is 0 Å². The molecule has 0 atom stereocenters. The fraction of sp³-hybridized carbons (Fsp3) is 0.400. The van der Waals surface area contributed by atoms with Crippen molar-refractivity contribution in [2.75, 3.05) is 23.9 Å². The predicted molar refractivity (Wildman–Crippen MR) is 83.7 cm³/mol. The molecule has 2 rings (SSSR count). The molecule has 0 aliphatic carbocycles. The summed E-state index contributed by atoms with van der Waals surface area (Å²) in [5.41, 5.74) is 1.88. The summed E-state index contributed by atoms with van der Waals surface area (Å²) in [6.45, 7) is 3.71. The molecule has 0 saturated carbocycles. The summed E-state index contributed by atoms with van der Waals surface area (Å²) < 4.78 is 0. The second kappa shape index (κ2) is 6.66. The second-order valence-corrected chi connectivity index (χ2v) is 5.94. The zero-order valence-corrected chi connectivity index (χ0v) is 12.1. The van der Waals surface area contributed by atoms with E-state index in [-0.39, 0.29) is 6.03 Å². The minimum atomic E-state index is -0.0248. The maximum Gasteiger partial charge on any atom is 0.321 e. The van der Waals surface area contributed by atoms with Crippen molar-refractivity contribution in [1.29, 1.82) is 0 Å². The van der Waals surface area contributed by atoms with Crippen LogP contribution in [0, 0.1) is 0 Å². The first-order valence-corrected chi connectivity index (χ1v) is 7.70. The van der Waals surface area contributed by atoms with E-state index in [0.29, 0.717) is 6.04 Å². The molecule has 1 saturated heterocycles. The predicted octanol–water partition coefficient (Wildman–Crippen LogP) is 3.69. The molecule has 3 nitrogen and oxygen atoms in total. The van der Waals surface area contributed by atoms with Crippen LogP contribution in [0.5, 0.6) is 0 Å². The van der Waals surface area contributed by atoms with Crippen molar-refractivity contribution in [1.82, 2.24) is 4.90 Å². The molecule has 2 amide bonds. The average Bonchev–Trinajstić information content (AvgIpc) is 2.48. The molecule has 0 spiro atoms. The molecule has 1 heterocycles. The van der Waals surface area contributed by atoms with Crippen LogP contribution in [0.1, 0.15) is 18.4 Å². The van der Waals surface area contributed by atoms with Gasteiger partial charge < -0.3 is 10.2 Å². The molecular formula is C15H20N2OS. The van der Waals surface area contributed by atoms with Crippen LogP contribution >= 0.6 is 11.8 Å². The highest BCUT2D eigenvalue weighted by molar-refractivity contribution is 7.99. The van der Waals surface area contributed by atoms with Crippen molar-refractivity contribution >= 4 is 29.6 Å². The number of amides is 2. The molecule has 1 fully saturated rings. The Labute approximate surface area is 119 Å². The Morgan fingerprint density at radius 3 is 2.58 bits per heavy atom. The van der Waals surface area contributed by atoms with Gasteiger partial charge in [-0.3, -0.25) is 0 Å². The molecule has 1 N–H and O–H groups in total. The highest BCUT2D eigenvalue weighted by Gasteiger charge is 2.22. The van der Waals surface area contributed by atoms with Crippen molar-refractivity contribution in [3.05, 3.63) is 36.4 Å². The maximum atomic E-state index is 12.2. The third-order valence-corrected chi connectivity index (χ3v) is 4.51. The molecule has 0 aromatic heterocycles. The highest BCUT2D eigenvalue weighted by atomic mass is 32.2. The van der Waals surface area contributed by atoms with E-state index in [9.17, 15) is 4.79 Å². The number of hydrogen-bond donors (Lipinski definition) is 1. The van der Waals surface area contributed by atoms with Gasteiger partial charge in [-0.15, -0.1) is 0 Å². The van der Waals surface area contributed by atoms with E-state index in [1.165, 1.54) is 0 Å². The molecule has 102 valence electrons. The smallest absolute Gasteiger partial charge is 0.321 e. The molecule has 1 aliphatic rings. The van der Waals surface area contributed by atoms with Gasteiger partial charge >= 0.3 is 6.03 Å². The lowest BCUT2D eigenvalue weighted by molar-refractivity contribution is 0.200. The number of thioether (sulfide) groups is 1. The molecule has 1 aromatic carbocycles. The van der Waals surface area contributed by atoms with Crippen molar-refractivity contribution in [2.24, 2.45) is 0 Å². The van der Waals surface area contributed by atoms with E-state index in [1.54, 1.807) is 6.08 Å². The van der Waals surface area contributed by atoms with Gasteiger partial charge in [-0.05, 0) is 42.0 Å². The third kappa shape index (κ3) is 3.77. The third-order valence-electron chi connectivity index (χ3n) is 3.46. The van der Waals surface area contributed by atoms with E-state index >= 15 is 0 Å². The first kappa shape index (κ1) is 14.0. The SMILES string of the molecule is C=Cc1ccc(NC(=O)N(C)C2CCSCC2)cc1. The number of hydrogen-bond acceptors (Lipinski definition) is 2. The van der Waals surface area contributed by atoms with E-state index in [1.807, 2.05) is 48.0 Å². The summed E-state index contributed by atoms with van der Waals surface area (Å²) in [7, 11) is 1.88. The van der Waals surface area contributed by atoms with Crippen molar-refractivity contribution < 1.29 is 4.79 Å². The summed E-state index contributed by atoms with van der Waals surface area (Å²) in [5.74, 6) is 2.30. The zero-order chi connectivity index (χ0) is 13.7. The Hall–Kier alpha value is -1.42. The molecule has 0 bridgehead atoms. The van der Waals surface area contributed by atoms with Gasteiger partial charge in [0.15, 0.2) is 0 Å². The number of carbonyl (C=O) groups excluding carboxylic acids is 1.